The van der Waals surface area contributed by atoms with Crippen LogP contribution in [0.15, 0.2) is 18.2 Å². The predicted molar refractivity (Wildman–Crippen MR) is 80.8 cm³/mol. The Kier molecular flexibility index (Phi) is 3.51. The number of carbonyl (C=O) groups excluding carboxylic acids is 1. The van der Waals surface area contributed by atoms with Crippen LogP contribution in [-0.4, -0.2) is 18.5 Å². The van der Waals surface area contributed by atoms with Gasteiger partial charge < -0.3 is 10.6 Å². The van der Waals surface area contributed by atoms with Crippen molar-refractivity contribution in [2.24, 2.45) is 5.41 Å². The molecule has 0 radical (unpaired) electrons. The first-order valence-electron chi connectivity index (χ1n) is 7.27. The van der Waals surface area contributed by atoms with Crippen molar-refractivity contribution in [3.63, 3.8) is 0 Å². The third-order valence-corrected chi connectivity index (χ3v) is 4.73. The first-order valence-corrected chi connectivity index (χ1v) is 7.64. The van der Waals surface area contributed by atoms with Crippen molar-refractivity contribution in [1.29, 1.82) is 0 Å². The van der Waals surface area contributed by atoms with Gasteiger partial charge >= 0.3 is 0 Å². The van der Waals surface area contributed by atoms with Gasteiger partial charge in [0, 0.05) is 30.1 Å². The number of rotatable bonds is 3. The molecule has 1 amide bonds. The molecule has 20 heavy (non-hydrogen) atoms. The number of fused-ring (bicyclic) bond motifs is 1. The fourth-order valence-electron chi connectivity index (χ4n) is 3.49. The second kappa shape index (κ2) is 5.05. The largest absolute Gasteiger partial charge is 0.352 e. The van der Waals surface area contributed by atoms with E-state index < -0.39 is 0 Å². The summed E-state index contributed by atoms with van der Waals surface area (Å²) in [6, 6.07) is 6.75. The Morgan fingerprint density at radius 3 is 2.95 bits per heavy atom. The first-order chi connectivity index (χ1) is 9.45. The van der Waals surface area contributed by atoms with E-state index in [-0.39, 0.29) is 17.4 Å². The van der Waals surface area contributed by atoms with Crippen LogP contribution in [0.4, 0.5) is 0 Å². The van der Waals surface area contributed by atoms with E-state index in [0.29, 0.717) is 12.5 Å². The summed E-state index contributed by atoms with van der Waals surface area (Å²) in [7, 11) is 0. The lowest BCUT2D eigenvalue weighted by Gasteiger charge is -2.30. The summed E-state index contributed by atoms with van der Waals surface area (Å²) in [4.78, 5) is 11.3. The van der Waals surface area contributed by atoms with Gasteiger partial charge in [0.2, 0.25) is 5.91 Å². The number of nitrogens with one attached hydrogen (secondary N) is 2. The van der Waals surface area contributed by atoms with Crippen LogP contribution >= 0.6 is 11.6 Å². The summed E-state index contributed by atoms with van der Waals surface area (Å²) in [5, 5.41) is 7.45. The average Bonchev–Trinajstić information content (AvgIpc) is 2.87. The third kappa shape index (κ3) is 2.57. The molecule has 1 aliphatic carbocycles. The fraction of sp³-hybridized carbons (Fsp3) is 0.562. The van der Waals surface area contributed by atoms with Gasteiger partial charge in [-0.15, -0.1) is 0 Å². The van der Waals surface area contributed by atoms with Crippen LogP contribution in [0.3, 0.4) is 0 Å². The molecule has 2 atom stereocenters. The van der Waals surface area contributed by atoms with Crippen molar-refractivity contribution < 1.29 is 4.79 Å². The average molecular weight is 293 g/mol. The molecule has 2 unspecified atom stereocenters. The van der Waals surface area contributed by atoms with Gasteiger partial charge in [0.05, 0.1) is 0 Å². The zero-order valence-electron chi connectivity index (χ0n) is 12.0. The van der Waals surface area contributed by atoms with E-state index in [4.69, 9.17) is 11.6 Å². The van der Waals surface area contributed by atoms with Crippen molar-refractivity contribution in [3.05, 3.63) is 34.3 Å². The van der Waals surface area contributed by atoms with Gasteiger partial charge in [-0.25, -0.2) is 0 Å². The zero-order chi connectivity index (χ0) is 14.3. The molecule has 0 spiro atoms. The third-order valence-electron chi connectivity index (χ3n) is 4.50. The molecule has 1 aliphatic heterocycles. The van der Waals surface area contributed by atoms with Crippen molar-refractivity contribution >= 4 is 17.5 Å². The molecule has 1 saturated heterocycles. The van der Waals surface area contributed by atoms with Crippen molar-refractivity contribution in [1.82, 2.24) is 10.6 Å². The van der Waals surface area contributed by atoms with E-state index in [1.165, 1.54) is 11.1 Å². The Morgan fingerprint density at radius 1 is 1.45 bits per heavy atom. The first kappa shape index (κ1) is 13.9. The summed E-state index contributed by atoms with van der Waals surface area (Å²) in [5.74, 6) is 0.172. The standard InChI is InChI=1S/C16H21ClN2O/c1-16(2)8-10-3-4-11(17)7-13(10)15(16)18-9-12-5-6-14(20)19-12/h3-4,7,12,15,18H,5-6,8-9H2,1-2H3,(H,19,20). The summed E-state index contributed by atoms with van der Waals surface area (Å²) in [6.45, 7) is 5.39. The number of amides is 1. The van der Waals surface area contributed by atoms with E-state index >= 15 is 0 Å². The van der Waals surface area contributed by atoms with Crippen LogP contribution in [0.2, 0.25) is 5.02 Å². The molecule has 3 nitrogen and oxygen atoms in total. The summed E-state index contributed by atoms with van der Waals surface area (Å²) < 4.78 is 0. The number of hydrogen-bond acceptors (Lipinski definition) is 2. The number of carbonyl (C=O) groups is 1. The normalized spacial score (nSPS) is 27.4. The second-order valence-electron chi connectivity index (χ2n) is 6.65. The topological polar surface area (TPSA) is 41.1 Å². The minimum Gasteiger partial charge on any atom is -0.352 e. The van der Waals surface area contributed by atoms with Gasteiger partial charge in [-0.1, -0.05) is 31.5 Å². The van der Waals surface area contributed by atoms with Gasteiger partial charge in [-0.3, -0.25) is 4.79 Å². The lowest BCUT2D eigenvalue weighted by molar-refractivity contribution is -0.119. The Bertz CT molecular complexity index is 541. The predicted octanol–water partition coefficient (Wildman–Crippen LogP) is 2.83. The van der Waals surface area contributed by atoms with Crippen LogP contribution in [-0.2, 0) is 11.2 Å². The molecular formula is C16H21ClN2O. The number of halogens is 1. The summed E-state index contributed by atoms with van der Waals surface area (Å²) in [5.41, 5.74) is 2.87. The fourth-order valence-corrected chi connectivity index (χ4v) is 3.67. The van der Waals surface area contributed by atoms with Crippen LogP contribution in [0.25, 0.3) is 0 Å². The lowest BCUT2D eigenvalue weighted by Crippen LogP contribution is -2.40. The highest BCUT2D eigenvalue weighted by atomic mass is 35.5. The monoisotopic (exact) mass is 292 g/mol. The van der Waals surface area contributed by atoms with Gasteiger partial charge in [-0.2, -0.15) is 0 Å². The summed E-state index contributed by atoms with van der Waals surface area (Å²) >= 11 is 6.14. The zero-order valence-corrected chi connectivity index (χ0v) is 12.8. The van der Waals surface area contributed by atoms with E-state index in [2.05, 4.69) is 36.6 Å². The number of hydrogen-bond donors (Lipinski definition) is 2. The van der Waals surface area contributed by atoms with Gasteiger partial charge in [0.15, 0.2) is 0 Å². The molecule has 4 heteroatoms. The van der Waals surface area contributed by atoms with E-state index in [0.717, 1.165) is 24.4 Å². The molecule has 108 valence electrons. The van der Waals surface area contributed by atoms with Crippen LogP contribution in [0.1, 0.15) is 43.9 Å². The molecule has 2 N–H and O–H groups in total. The molecule has 1 heterocycles. The van der Waals surface area contributed by atoms with Crippen LogP contribution < -0.4 is 10.6 Å². The SMILES string of the molecule is CC1(C)Cc2ccc(Cl)cc2C1NCC1CCC(=O)N1. The Morgan fingerprint density at radius 2 is 2.25 bits per heavy atom. The minimum absolute atomic E-state index is 0.172. The Balaban J connectivity index is 1.74. The molecule has 0 saturated carbocycles. The quantitative estimate of drug-likeness (QED) is 0.899. The smallest absolute Gasteiger partial charge is 0.220 e. The molecule has 1 aromatic rings. The van der Waals surface area contributed by atoms with Crippen molar-refractivity contribution in [2.75, 3.05) is 6.54 Å². The lowest BCUT2D eigenvalue weighted by atomic mass is 9.85. The molecule has 0 aromatic heterocycles. The Hall–Kier alpha value is -1.06. The molecule has 0 bridgehead atoms. The number of benzene rings is 1. The van der Waals surface area contributed by atoms with E-state index in [9.17, 15) is 4.79 Å². The van der Waals surface area contributed by atoms with Crippen molar-refractivity contribution in [3.8, 4) is 0 Å². The van der Waals surface area contributed by atoms with Crippen molar-refractivity contribution in [2.45, 2.75) is 45.2 Å². The molecular weight excluding hydrogens is 272 g/mol. The van der Waals surface area contributed by atoms with Gasteiger partial charge in [-0.05, 0) is 41.5 Å². The second-order valence-corrected chi connectivity index (χ2v) is 7.09. The highest BCUT2D eigenvalue weighted by molar-refractivity contribution is 6.30. The highest BCUT2D eigenvalue weighted by Crippen LogP contribution is 2.45. The molecule has 1 aromatic carbocycles. The van der Waals surface area contributed by atoms with E-state index in [1.54, 1.807) is 0 Å². The van der Waals surface area contributed by atoms with Crippen LogP contribution in [0.5, 0.6) is 0 Å². The highest BCUT2D eigenvalue weighted by Gasteiger charge is 2.39. The molecule has 3 rings (SSSR count). The van der Waals surface area contributed by atoms with Crippen LogP contribution in [0, 0.1) is 5.41 Å². The minimum atomic E-state index is 0.172. The Labute approximate surface area is 125 Å². The van der Waals surface area contributed by atoms with Gasteiger partial charge in [0.1, 0.15) is 0 Å². The maximum Gasteiger partial charge on any atom is 0.220 e. The molecule has 1 fully saturated rings. The molecule has 2 aliphatic rings. The maximum absolute atomic E-state index is 11.3. The summed E-state index contributed by atoms with van der Waals surface area (Å²) in [6.07, 6.45) is 2.65. The maximum atomic E-state index is 11.3. The van der Waals surface area contributed by atoms with E-state index in [1.807, 2.05) is 6.07 Å². The van der Waals surface area contributed by atoms with Gasteiger partial charge in [0.25, 0.3) is 0 Å².